The average Bonchev–Trinajstić information content (AvgIpc) is 3.34. The molecule has 1 saturated carbocycles. The van der Waals surface area contributed by atoms with Crippen LogP contribution in [0.15, 0.2) is 12.2 Å². The Labute approximate surface area is 154 Å². The highest BCUT2D eigenvalue weighted by molar-refractivity contribution is 7.15. The van der Waals surface area contributed by atoms with Crippen LogP contribution in [0.4, 0.5) is 23.1 Å². The number of anilines is 1. The second kappa shape index (κ2) is 6.29. The Bertz CT molecular complexity index is 809. The van der Waals surface area contributed by atoms with E-state index in [1.54, 1.807) is 0 Å². The first-order valence-corrected chi connectivity index (χ1v) is 9.06. The van der Waals surface area contributed by atoms with E-state index < -0.39 is 17.2 Å². The van der Waals surface area contributed by atoms with Gasteiger partial charge >= 0.3 is 12.2 Å². The van der Waals surface area contributed by atoms with Crippen LogP contribution in [-0.4, -0.2) is 46.0 Å². The lowest BCUT2D eigenvalue weighted by atomic mass is 9.85. The minimum atomic E-state index is -4.63. The van der Waals surface area contributed by atoms with Gasteiger partial charge in [-0.05, 0) is 18.3 Å². The fourth-order valence-corrected chi connectivity index (χ4v) is 4.60. The van der Waals surface area contributed by atoms with Crippen molar-refractivity contribution in [2.24, 2.45) is 23.7 Å². The number of amides is 4. The molecule has 2 fully saturated rings. The zero-order valence-corrected chi connectivity index (χ0v) is 14.5. The van der Waals surface area contributed by atoms with Gasteiger partial charge in [0.15, 0.2) is 0 Å². The van der Waals surface area contributed by atoms with Crippen molar-refractivity contribution in [3.63, 3.8) is 0 Å². The molecule has 2 aliphatic carbocycles. The smallest absolute Gasteiger partial charge is 0.336 e. The second-order valence-electron chi connectivity index (χ2n) is 6.62. The van der Waals surface area contributed by atoms with E-state index >= 15 is 0 Å². The van der Waals surface area contributed by atoms with Gasteiger partial charge in [0.1, 0.15) is 0 Å². The van der Waals surface area contributed by atoms with Gasteiger partial charge in [0.05, 0.1) is 11.8 Å². The van der Waals surface area contributed by atoms with Gasteiger partial charge < -0.3 is 5.32 Å². The summed E-state index contributed by atoms with van der Waals surface area (Å²) in [5.74, 6) is -0.825. The fraction of sp³-hybridized carbons (Fsp3) is 0.533. The molecule has 0 radical (unpaired) electrons. The average molecular weight is 401 g/mol. The Kier molecular flexibility index (Phi) is 4.17. The summed E-state index contributed by atoms with van der Waals surface area (Å²) in [5.41, 5.74) is 0. The van der Waals surface area contributed by atoms with Crippen molar-refractivity contribution in [3.8, 4) is 0 Å². The van der Waals surface area contributed by atoms with Crippen LogP contribution >= 0.6 is 11.3 Å². The summed E-state index contributed by atoms with van der Waals surface area (Å²) in [5, 5.41) is 9.27. The van der Waals surface area contributed by atoms with Gasteiger partial charge in [-0.1, -0.05) is 23.5 Å². The Morgan fingerprint density at radius 3 is 2.37 bits per heavy atom. The van der Waals surface area contributed by atoms with Crippen molar-refractivity contribution >= 4 is 34.3 Å². The van der Waals surface area contributed by atoms with Gasteiger partial charge in [0.2, 0.25) is 22.0 Å². The molecule has 0 unspecified atom stereocenters. The number of allylic oxidation sites excluding steroid dienone is 2. The molecule has 2 heterocycles. The quantitative estimate of drug-likeness (QED) is 0.588. The third kappa shape index (κ3) is 3.07. The highest BCUT2D eigenvalue weighted by atomic mass is 32.1. The molecule has 0 aromatic carbocycles. The zero-order valence-electron chi connectivity index (χ0n) is 13.7. The van der Waals surface area contributed by atoms with E-state index in [4.69, 9.17) is 0 Å². The number of halogens is 3. The molecule has 1 saturated heterocycles. The van der Waals surface area contributed by atoms with Gasteiger partial charge in [0, 0.05) is 13.1 Å². The number of hydrogen-bond acceptors (Lipinski definition) is 6. The normalized spacial score (nSPS) is 28.8. The molecular formula is C15H14F3N5O3S. The van der Waals surface area contributed by atoms with Gasteiger partial charge in [-0.25, -0.2) is 4.79 Å². The van der Waals surface area contributed by atoms with Gasteiger partial charge in [-0.15, -0.1) is 10.2 Å². The Morgan fingerprint density at radius 1 is 1.19 bits per heavy atom. The minimum Gasteiger partial charge on any atom is -0.336 e. The zero-order chi connectivity index (χ0) is 19.3. The van der Waals surface area contributed by atoms with E-state index in [1.807, 2.05) is 12.2 Å². The number of nitrogens with one attached hydrogen (secondary N) is 2. The topological polar surface area (TPSA) is 104 Å². The number of rotatable bonds is 4. The van der Waals surface area contributed by atoms with Crippen molar-refractivity contribution in [3.05, 3.63) is 17.2 Å². The van der Waals surface area contributed by atoms with E-state index in [9.17, 15) is 27.6 Å². The Balaban J connectivity index is 1.28. The maximum atomic E-state index is 12.5. The molecule has 4 amide bonds. The van der Waals surface area contributed by atoms with E-state index in [0.29, 0.717) is 0 Å². The molecule has 0 spiro atoms. The predicted molar refractivity (Wildman–Crippen MR) is 86.4 cm³/mol. The molecule has 1 aromatic heterocycles. The van der Waals surface area contributed by atoms with Crippen molar-refractivity contribution in [2.75, 3.05) is 18.4 Å². The largest absolute Gasteiger partial charge is 0.445 e. The maximum Gasteiger partial charge on any atom is 0.445 e. The SMILES string of the molecule is O=C(NCCN1C(=O)[C@H]2[C@H](C1=O)[C@H]1C=C[C@H]2C1)Nc1nnc(C(F)(F)F)s1. The molecule has 2 N–H and O–H groups in total. The molecule has 8 nitrogen and oxygen atoms in total. The van der Waals surface area contributed by atoms with Crippen LogP contribution in [-0.2, 0) is 15.8 Å². The van der Waals surface area contributed by atoms with Crippen LogP contribution in [0.1, 0.15) is 11.4 Å². The highest BCUT2D eigenvalue weighted by Crippen LogP contribution is 2.52. The van der Waals surface area contributed by atoms with E-state index in [0.717, 1.165) is 11.3 Å². The van der Waals surface area contributed by atoms with Crippen LogP contribution in [0, 0.1) is 23.7 Å². The maximum absolute atomic E-state index is 12.5. The third-order valence-corrected chi connectivity index (χ3v) is 5.95. The number of fused-ring (bicyclic) bond motifs is 5. The molecular weight excluding hydrogens is 387 g/mol. The van der Waals surface area contributed by atoms with Crippen molar-refractivity contribution < 1.29 is 27.6 Å². The van der Waals surface area contributed by atoms with Crippen LogP contribution < -0.4 is 10.6 Å². The Hall–Kier alpha value is -2.50. The summed E-state index contributed by atoms with van der Waals surface area (Å²) in [6.07, 6.45) is 0.187. The molecule has 4 rings (SSSR count). The first-order valence-electron chi connectivity index (χ1n) is 8.25. The van der Waals surface area contributed by atoms with Crippen LogP contribution in [0.2, 0.25) is 0 Å². The summed E-state index contributed by atoms with van der Waals surface area (Å²) >= 11 is 0.201. The van der Waals surface area contributed by atoms with Crippen molar-refractivity contribution in [2.45, 2.75) is 12.6 Å². The summed E-state index contributed by atoms with van der Waals surface area (Å²) in [7, 11) is 0. The molecule has 4 atom stereocenters. The van der Waals surface area contributed by atoms with Crippen molar-refractivity contribution in [1.29, 1.82) is 0 Å². The van der Waals surface area contributed by atoms with Crippen LogP contribution in [0.25, 0.3) is 0 Å². The van der Waals surface area contributed by atoms with Gasteiger partial charge in [0.25, 0.3) is 0 Å². The number of hydrogen-bond donors (Lipinski definition) is 2. The summed E-state index contributed by atoms with van der Waals surface area (Å²) in [6, 6.07) is -0.791. The van der Waals surface area contributed by atoms with E-state index in [1.165, 1.54) is 0 Å². The molecule has 12 heteroatoms. The summed E-state index contributed by atoms with van der Waals surface area (Å²) < 4.78 is 37.3. The second-order valence-corrected chi connectivity index (χ2v) is 7.60. The predicted octanol–water partition coefficient (Wildman–Crippen LogP) is 1.49. The first kappa shape index (κ1) is 17.9. The van der Waals surface area contributed by atoms with Crippen LogP contribution in [0.5, 0.6) is 0 Å². The fourth-order valence-electron chi connectivity index (χ4n) is 4.00. The molecule has 144 valence electrons. The molecule has 3 aliphatic rings. The van der Waals surface area contributed by atoms with E-state index in [2.05, 4.69) is 20.8 Å². The number of urea groups is 1. The Morgan fingerprint density at radius 2 is 1.81 bits per heavy atom. The molecule has 2 bridgehead atoms. The number of imide groups is 1. The standard InChI is InChI=1S/C15H14F3N5O3S/c16-15(17,18)12-21-22-14(27-12)20-13(26)19-3-4-23-10(24)8-6-1-2-7(5-6)9(8)11(23)25/h1-2,6-9H,3-5H2,(H2,19,20,22,26)/t6-,7-,8+,9+/m0/s1. The molecule has 1 aliphatic heterocycles. The molecule has 27 heavy (non-hydrogen) atoms. The number of likely N-dealkylation sites (tertiary alicyclic amines) is 1. The lowest BCUT2D eigenvalue weighted by Gasteiger charge is -2.17. The number of aromatic nitrogens is 2. The first-order chi connectivity index (χ1) is 12.8. The van der Waals surface area contributed by atoms with E-state index in [-0.39, 0.29) is 65.0 Å². The van der Waals surface area contributed by atoms with Gasteiger partial charge in [-0.2, -0.15) is 13.2 Å². The number of carbonyl (C=O) groups is 3. The number of alkyl halides is 3. The summed E-state index contributed by atoms with van der Waals surface area (Å²) in [6.45, 7) is -0.00209. The highest BCUT2D eigenvalue weighted by Gasteiger charge is 2.58. The number of nitrogens with zero attached hydrogens (tertiary/aromatic N) is 3. The van der Waals surface area contributed by atoms with Gasteiger partial charge in [-0.3, -0.25) is 19.8 Å². The summed E-state index contributed by atoms with van der Waals surface area (Å²) in [4.78, 5) is 37.9. The minimum absolute atomic E-state index is 0.0153. The van der Waals surface area contributed by atoms with Crippen molar-refractivity contribution in [1.82, 2.24) is 20.4 Å². The monoisotopic (exact) mass is 401 g/mol. The molecule has 1 aromatic rings. The number of carbonyl (C=O) groups excluding carboxylic acids is 3. The van der Waals surface area contributed by atoms with Crippen LogP contribution in [0.3, 0.4) is 0 Å². The lowest BCUT2D eigenvalue weighted by Crippen LogP contribution is -2.40. The third-order valence-electron chi connectivity index (χ3n) is 5.07. The lowest BCUT2D eigenvalue weighted by molar-refractivity contribution is -0.141.